The lowest BCUT2D eigenvalue weighted by atomic mass is 10.1. The van der Waals surface area contributed by atoms with Crippen LogP contribution in [0.3, 0.4) is 0 Å². The fourth-order valence-corrected chi connectivity index (χ4v) is 5.58. The van der Waals surface area contributed by atoms with Gasteiger partial charge in [0.15, 0.2) is 4.21 Å². The Kier molecular flexibility index (Phi) is 3.62. The summed E-state index contributed by atoms with van der Waals surface area (Å²) in [6.07, 6.45) is 2.65. The number of hydrogen-bond donors (Lipinski definition) is 1. The summed E-state index contributed by atoms with van der Waals surface area (Å²) in [4.78, 5) is 13.6. The van der Waals surface area contributed by atoms with E-state index in [9.17, 15) is 13.2 Å². The Labute approximate surface area is 127 Å². The molecule has 0 bridgehead atoms. The second-order valence-corrected chi connectivity index (χ2v) is 8.13. The number of nitrogens with zero attached hydrogens (tertiary/aromatic N) is 1. The van der Waals surface area contributed by atoms with E-state index in [2.05, 4.69) is 4.98 Å². The topological polar surface area (TPSA) is 70.2 Å². The van der Waals surface area contributed by atoms with E-state index < -0.39 is 10.0 Å². The van der Waals surface area contributed by atoms with Gasteiger partial charge in [0.05, 0.1) is 5.69 Å². The maximum Gasteiger partial charge on any atom is 0.306 e. The molecule has 21 heavy (non-hydrogen) atoms. The molecule has 3 rings (SSSR count). The van der Waals surface area contributed by atoms with Crippen LogP contribution in [0.4, 0.5) is 5.69 Å². The van der Waals surface area contributed by atoms with Crippen LogP contribution in [0.15, 0.2) is 33.3 Å². The average Bonchev–Trinajstić information content (AvgIpc) is 2.68. The minimum atomic E-state index is -3.69. The first-order valence-corrected chi connectivity index (χ1v) is 9.06. The molecule has 1 aliphatic rings. The number of hydrogen-bond acceptors (Lipinski definition) is 4. The van der Waals surface area contributed by atoms with Crippen molar-refractivity contribution in [3.8, 4) is 0 Å². The van der Waals surface area contributed by atoms with Gasteiger partial charge >= 0.3 is 4.87 Å². The highest BCUT2D eigenvalue weighted by Crippen LogP contribution is 2.32. The third kappa shape index (κ3) is 2.51. The molecule has 1 aliphatic heterocycles. The first-order valence-electron chi connectivity index (χ1n) is 6.80. The van der Waals surface area contributed by atoms with Crippen LogP contribution in [0.1, 0.15) is 24.1 Å². The monoisotopic (exact) mass is 324 g/mol. The number of thiazole rings is 1. The maximum absolute atomic E-state index is 12.9. The molecule has 2 heterocycles. The maximum atomic E-state index is 12.9. The van der Waals surface area contributed by atoms with E-state index in [-0.39, 0.29) is 9.08 Å². The van der Waals surface area contributed by atoms with Crippen molar-refractivity contribution in [1.29, 1.82) is 0 Å². The first kappa shape index (κ1) is 14.3. The molecule has 1 aromatic carbocycles. The van der Waals surface area contributed by atoms with Crippen LogP contribution >= 0.6 is 11.3 Å². The van der Waals surface area contributed by atoms with Crippen molar-refractivity contribution in [2.75, 3.05) is 10.8 Å². The number of sulfonamides is 1. The number of aryl methyl sites for hydroxylation is 2. The Morgan fingerprint density at radius 1 is 1.24 bits per heavy atom. The van der Waals surface area contributed by atoms with Crippen LogP contribution in [-0.2, 0) is 16.4 Å². The Morgan fingerprint density at radius 3 is 2.71 bits per heavy atom. The van der Waals surface area contributed by atoms with Crippen LogP contribution < -0.4 is 9.18 Å². The van der Waals surface area contributed by atoms with Crippen LogP contribution in [0.2, 0.25) is 0 Å². The number of aromatic amines is 1. The number of H-pyrrole nitrogens is 1. The number of anilines is 1. The van der Waals surface area contributed by atoms with Gasteiger partial charge in [-0.05, 0) is 37.8 Å². The normalized spacial score (nSPS) is 15.6. The minimum Gasteiger partial charge on any atom is -0.315 e. The van der Waals surface area contributed by atoms with E-state index in [1.807, 2.05) is 24.3 Å². The van der Waals surface area contributed by atoms with Gasteiger partial charge in [-0.1, -0.05) is 29.5 Å². The molecule has 2 aromatic rings. The molecule has 5 nitrogen and oxygen atoms in total. The quantitative estimate of drug-likeness (QED) is 0.921. The zero-order chi connectivity index (χ0) is 15.0. The number of rotatable bonds is 2. The molecule has 0 amide bonds. The van der Waals surface area contributed by atoms with Crippen molar-refractivity contribution in [2.45, 2.75) is 30.4 Å². The van der Waals surface area contributed by atoms with Gasteiger partial charge in [-0.15, -0.1) is 0 Å². The summed E-state index contributed by atoms with van der Waals surface area (Å²) in [5, 5.41) is 0. The third-order valence-corrected chi connectivity index (χ3v) is 7.02. The molecular weight excluding hydrogens is 308 g/mol. The van der Waals surface area contributed by atoms with E-state index in [1.165, 1.54) is 4.31 Å². The van der Waals surface area contributed by atoms with Crippen molar-refractivity contribution < 1.29 is 8.42 Å². The number of benzene rings is 1. The summed E-state index contributed by atoms with van der Waals surface area (Å²) >= 11 is 0.756. The molecule has 1 N–H and O–H groups in total. The average molecular weight is 324 g/mol. The number of para-hydroxylation sites is 1. The van der Waals surface area contributed by atoms with Gasteiger partial charge in [-0.3, -0.25) is 9.10 Å². The molecule has 0 radical (unpaired) electrons. The Morgan fingerprint density at radius 2 is 2.00 bits per heavy atom. The molecule has 0 aliphatic carbocycles. The molecule has 0 saturated heterocycles. The summed E-state index contributed by atoms with van der Waals surface area (Å²) in [6, 6.07) is 7.58. The van der Waals surface area contributed by atoms with Gasteiger partial charge < -0.3 is 4.98 Å². The van der Waals surface area contributed by atoms with Gasteiger partial charge in [0.2, 0.25) is 0 Å². The molecule has 1 aromatic heterocycles. The van der Waals surface area contributed by atoms with Crippen molar-refractivity contribution in [3.63, 3.8) is 0 Å². The molecule has 0 saturated carbocycles. The largest absolute Gasteiger partial charge is 0.315 e. The molecule has 0 fully saturated rings. The van der Waals surface area contributed by atoms with Crippen LogP contribution in [-0.4, -0.2) is 19.9 Å². The van der Waals surface area contributed by atoms with Gasteiger partial charge in [-0.25, -0.2) is 8.42 Å². The van der Waals surface area contributed by atoms with Crippen LogP contribution in [0, 0.1) is 6.92 Å². The fraction of sp³-hybridized carbons (Fsp3) is 0.357. The zero-order valence-electron chi connectivity index (χ0n) is 11.6. The first-order chi connectivity index (χ1) is 10.00. The van der Waals surface area contributed by atoms with Crippen molar-refractivity contribution in [1.82, 2.24) is 4.98 Å². The highest BCUT2D eigenvalue weighted by atomic mass is 32.2. The summed E-state index contributed by atoms with van der Waals surface area (Å²) in [5.41, 5.74) is 2.18. The standard InChI is InChI=1S/C14H16N2O3S2/c1-10-13(20-14(17)15-10)21(18,19)16-9-5-4-7-11-6-2-3-8-12(11)16/h2-3,6,8H,4-5,7,9H2,1H3,(H,15,17). The highest BCUT2D eigenvalue weighted by molar-refractivity contribution is 7.94. The molecule has 112 valence electrons. The summed E-state index contributed by atoms with van der Waals surface area (Å²) < 4.78 is 27.4. The second kappa shape index (κ2) is 5.31. The lowest BCUT2D eigenvalue weighted by Gasteiger charge is -2.23. The molecule has 7 heteroatoms. The Balaban J connectivity index is 2.15. The van der Waals surface area contributed by atoms with Crippen molar-refractivity contribution >= 4 is 27.0 Å². The van der Waals surface area contributed by atoms with E-state index in [0.717, 1.165) is 41.9 Å². The second-order valence-electron chi connectivity index (χ2n) is 5.09. The third-order valence-electron chi connectivity index (χ3n) is 3.62. The lowest BCUT2D eigenvalue weighted by Crippen LogP contribution is -2.31. The number of aromatic nitrogens is 1. The Hall–Kier alpha value is -1.60. The van der Waals surface area contributed by atoms with Crippen molar-refractivity contribution in [2.24, 2.45) is 0 Å². The zero-order valence-corrected chi connectivity index (χ0v) is 13.3. The van der Waals surface area contributed by atoms with Gasteiger partial charge in [0, 0.05) is 12.2 Å². The van der Waals surface area contributed by atoms with Crippen molar-refractivity contribution in [3.05, 3.63) is 45.2 Å². The predicted octanol–water partition coefficient (Wildman–Crippen LogP) is 2.28. The van der Waals surface area contributed by atoms with E-state index in [1.54, 1.807) is 6.92 Å². The summed E-state index contributed by atoms with van der Waals surface area (Å²) in [7, 11) is -3.69. The highest BCUT2D eigenvalue weighted by Gasteiger charge is 2.31. The van der Waals surface area contributed by atoms with Gasteiger partial charge in [0.25, 0.3) is 10.0 Å². The van der Waals surface area contributed by atoms with E-state index in [0.29, 0.717) is 12.2 Å². The Bertz CT molecular complexity index is 821. The molecular formula is C14H16N2O3S2. The fourth-order valence-electron chi connectivity index (χ4n) is 2.64. The number of nitrogens with one attached hydrogen (secondary N) is 1. The predicted molar refractivity (Wildman–Crippen MR) is 83.6 cm³/mol. The summed E-state index contributed by atoms with van der Waals surface area (Å²) in [6.45, 7) is 2.07. The lowest BCUT2D eigenvalue weighted by molar-refractivity contribution is 0.590. The minimum absolute atomic E-state index is 0.115. The summed E-state index contributed by atoms with van der Waals surface area (Å²) in [5.74, 6) is 0. The smallest absolute Gasteiger partial charge is 0.306 e. The molecule has 0 atom stereocenters. The molecule has 0 spiro atoms. The van der Waals surface area contributed by atoms with Gasteiger partial charge in [0.1, 0.15) is 0 Å². The number of fused-ring (bicyclic) bond motifs is 1. The van der Waals surface area contributed by atoms with E-state index >= 15 is 0 Å². The molecule has 0 unspecified atom stereocenters. The van der Waals surface area contributed by atoms with Gasteiger partial charge in [-0.2, -0.15) is 0 Å². The van der Waals surface area contributed by atoms with Crippen LogP contribution in [0.5, 0.6) is 0 Å². The van der Waals surface area contributed by atoms with E-state index in [4.69, 9.17) is 0 Å². The SMILES string of the molecule is Cc1[nH]c(=O)sc1S(=O)(=O)N1CCCCc2ccccc21. The van der Waals surface area contributed by atoms with Crippen LogP contribution in [0.25, 0.3) is 0 Å².